The molecule has 0 aliphatic rings. The van der Waals surface area contributed by atoms with Crippen LogP contribution in [0.3, 0.4) is 0 Å². The fourth-order valence-electron chi connectivity index (χ4n) is 5.76. The number of nitrogens with zero attached hydrogens (tertiary/aromatic N) is 4. The number of esters is 3. The molecule has 3 atom stereocenters. The molecule has 3 unspecified atom stereocenters. The number of aliphatic hydroxyl groups excluding tert-OH is 2. The van der Waals surface area contributed by atoms with E-state index in [1.54, 1.807) is 27.4 Å². The Labute approximate surface area is 484 Å². The van der Waals surface area contributed by atoms with Crippen molar-refractivity contribution in [2.45, 2.75) is 118 Å². The Morgan fingerprint density at radius 1 is 0.538 bits per heavy atom. The van der Waals surface area contributed by atoms with Crippen LogP contribution in [0.5, 0.6) is 0 Å². The van der Waals surface area contributed by atoms with Gasteiger partial charge >= 0.3 is 17.9 Å². The second-order valence-electron chi connectivity index (χ2n) is 12.7. The van der Waals surface area contributed by atoms with Gasteiger partial charge in [-0.3, -0.25) is 14.4 Å². The second-order valence-corrected chi connectivity index (χ2v) is 12.7. The fourth-order valence-corrected chi connectivity index (χ4v) is 5.76. The summed E-state index contributed by atoms with van der Waals surface area (Å²) in [5.41, 5.74) is 5.06. The molecular weight excluding hydrogens is 1160 g/mol. The Kier molecular flexibility index (Phi) is 50.5. The van der Waals surface area contributed by atoms with Crippen molar-refractivity contribution in [3.8, 4) is 11.5 Å². The van der Waals surface area contributed by atoms with Crippen molar-refractivity contribution in [3.05, 3.63) is 57.6 Å². The average Bonchev–Trinajstić information content (AvgIpc) is 4.11. The molecule has 0 fully saturated rings. The molecule has 0 saturated carbocycles. The van der Waals surface area contributed by atoms with Crippen molar-refractivity contribution >= 4 is 17.9 Å². The smallest absolute Gasteiger partial charge is 0.306 e. The molecular formula is C42H68N4O15Y4. The monoisotopic (exact) mass is 1220 g/mol. The number of carbonyl (C=O) groups is 3. The van der Waals surface area contributed by atoms with Gasteiger partial charge in [-0.1, -0.05) is 48.3 Å². The summed E-state index contributed by atoms with van der Waals surface area (Å²) in [6.45, 7) is 14.7. The Morgan fingerprint density at radius 3 is 1.12 bits per heavy atom. The SMILES string of the molecule is CC.CC.COCCC(CC(=O)OC)c1noc(-c2ccon2)c1C.COCCC(CC(=O)OC)c1noc(CO)c1C.COCCC(CC(=O)OC)c1noc(CO)c1C.[Y].[Y].[Y].[Y]. The molecule has 0 aromatic carbocycles. The molecule has 23 heteroatoms. The van der Waals surface area contributed by atoms with E-state index >= 15 is 0 Å². The summed E-state index contributed by atoms with van der Waals surface area (Å²) in [6, 6.07) is 1.70. The van der Waals surface area contributed by atoms with Crippen LogP contribution in [0.25, 0.3) is 11.5 Å². The van der Waals surface area contributed by atoms with Gasteiger partial charge in [-0.2, -0.15) is 0 Å². The molecule has 0 bridgehead atoms. The maximum absolute atomic E-state index is 11.6. The molecule has 19 nitrogen and oxygen atoms in total. The minimum absolute atomic E-state index is 0. The van der Waals surface area contributed by atoms with Crippen molar-refractivity contribution < 1.29 is 202 Å². The Balaban J connectivity index is -0.000000260. The summed E-state index contributed by atoms with van der Waals surface area (Å²) in [7, 11) is 8.89. The second kappa shape index (κ2) is 44.7. The van der Waals surface area contributed by atoms with Gasteiger partial charge in [0.1, 0.15) is 19.5 Å². The Hall–Kier alpha value is -0.534. The van der Waals surface area contributed by atoms with Gasteiger partial charge in [0.25, 0.3) is 0 Å². The average molecular weight is 1220 g/mol. The Bertz CT molecular complexity index is 1700. The number of rotatable bonds is 21. The van der Waals surface area contributed by atoms with E-state index in [2.05, 4.69) is 30.1 Å². The van der Waals surface area contributed by atoms with Crippen LogP contribution in [0, 0.1) is 20.8 Å². The summed E-state index contributed by atoms with van der Waals surface area (Å²) < 4.78 is 49.4. The zero-order valence-electron chi connectivity index (χ0n) is 40.5. The summed E-state index contributed by atoms with van der Waals surface area (Å²) >= 11 is 0. The number of aromatic nitrogens is 4. The number of hydrogen-bond acceptors (Lipinski definition) is 19. The van der Waals surface area contributed by atoms with E-state index < -0.39 is 0 Å². The van der Waals surface area contributed by atoms with Crippen LogP contribution in [0.2, 0.25) is 0 Å². The zero-order chi connectivity index (χ0) is 46.3. The van der Waals surface area contributed by atoms with E-state index in [0.29, 0.717) is 73.4 Å². The van der Waals surface area contributed by atoms with Crippen LogP contribution < -0.4 is 0 Å². The van der Waals surface area contributed by atoms with Gasteiger partial charge < -0.3 is 56.7 Å². The van der Waals surface area contributed by atoms with Crippen molar-refractivity contribution in [2.24, 2.45) is 0 Å². The predicted molar refractivity (Wildman–Crippen MR) is 221 cm³/mol. The number of methoxy groups -OCH3 is 6. The molecule has 65 heavy (non-hydrogen) atoms. The van der Waals surface area contributed by atoms with Crippen LogP contribution in [0.15, 0.2) is 30.4 Å². The molecule has 0 spiro atoms. The Morgan fingerprint density at radius 2 is 0.862 bits per heavy atom. The molecule has 4 rings (SSSR count). The molecule has 0 saturated heterocycles. The predicted octanol–water partition coefficient (Wildman–Crippen LogP) is 6.68. The quantitative estimate of drug-likeness (QED) is 0.0652. The first-order valence-electron chi connectivity index (χ1n) is 20.1. The first kappa shape index (κ1) is 73.4. The van der Waals surface area contributed by atoms with E-state index in [9.17, 15) is 14.4 Å². The number of aliphatic hydroxyl groups is 2. The topological polar surface area (TPSA) is 251 Å². The van der Waals surface area contributed by atoms with Crippen LogP contribution in [0.1, 0.15) is 129 Å². The molecule has 2 N–H and O–H groups in total. The number of carbonyl (C=O) groups excluding carboxylic acids is 3. The van der Waals surface area contributed by atoms with Gasteiger partial charge in [0, 0.05) is 212 Å². The van der Waals surface area contributed by atoms with Gasteiger partial charge in [-0.25, -0.2) is 0 Å². The van der Waals surface area contributed by atoms with E-state index in [1.807, 2.05) is 48.5 Å². The van der Waals surface area contributed by atoms with Crippen molar-refractivity contribution in [1.82, 2.24) is 20.6 Å². The molecule has 358 valence electrons. The normalized spacial score (nSPS) is 11.1. The van der Waals surface area contributed by atoms with Gasteiger partial charge in [0.2, 0.25) is 0 Å². The van der Waals surface area contributed by atoms with Gasteiger partial charge in [0.05, 0.1) is 57.7 Å². The summed E-state index contributed by atoms with van der Waals surface area (Å²) in [5, 5.41) is 33.9. The standard InChI is InChI=1S/C14H18N2O5.2C12H19NO5.2C2H6.4Y/c1-9-13(10(4-6-18-2)8-12(17)19-3)16-21-14(9)11-5-7-20-15-11;2*1-8-10(7-14)18-13-12(8)9(4-5-16-2)6-11(15)17-3;2*1-2;;;;/h5,7,10H,4,6,8H2,1-3H3;2*9,14H,4-7H2,1-3H3;2*1-2H3;;;;. The summed E-state index contributed by atoms with van der Waals surface area (Å²) in [6.07, 6.45) is 4.07. The van der Waals surface area contributed by atoms with Crippen molar-refractivity contribution in [1.29, 1.82) is 0 Å². The van der Waals surface area contributed by atoms with E-state index in [4.69, 9.17) is 47.3 Å². The number of ether oxygens (including phenoxy) is 6. The molecule has 0 amide bonds. The molecule has 0 aliphatic heterocycles. The molecule has 0 aliphatic carbocycles. The van der Waals surface area contributed by atoms with E-state index in [1.165, 1.54) is 27.6 Å². The minimum Gasteiger partial charge on any atom is -0.469 e. The minimum atomic E-state index is -0.302. The van der Waals surface area contributed by atoms with E-state index in [-0.39, 0.29) is 199 Å². The largest absolute Gasteiger partial charge is 0.469 e. The first-order chi connectivity index (χ1) is 29.4. The maximum Gasteiger partial charge on any atom is 0.306 e. The van der Waals surface area contributed by atoms with Gasteiger partial charge in [-0.15, -0.1) is 0 Å². The third kappa shape index (κ3) is 26.3. The van der Waals surface area contributed by atoms with Crippen molar-refractivity contribution in [2.75, 3.05) is 62.5 Å². The van der Waals surface area contributed by atoms with Crippen LogP contribution in [-0.4, -0.2) is 111 Å². The molecule has 4 aromatic heterocycles. The van der Waals surface area contributed by atoms with Crippen LogP contribution >= 0.6 is 0 Å². The van der Waals surface area contributed by atoms with Crippen LogP contribution in [-0.2, 0) is 187 Å². The van der Waals surface area contributed by atoms with Crippen molar-refractivity contribution in [3.63, 3.8) is 0 Å². The number of hydrogen-bond donors (Lipinski definition) is 2. The zero-order valence-corrected chi connectivity index (χ0v) is 51.8. The fraction of sp³-hybridized carbons (Fsp3) is 0.643. The first-order valence-corrected chi connectivity index (χ1v) is 20.1. The third-order valence-electron chi connectivity index (χ3n) is 9.12. The van der Waals surface area contributed by atoms with E-state index in [0.717, 1.165) is 22.4 Å². The maximum atomic E-state index is 11.6. The molecule has 4 heterocycles. The summed E-state index contributed by atoms with van der Waals surface area (Å²) in [4.78, 5) is 34.3. The van der Waals surface area contributed by atoms with Gasteiger partial charge in [0.15, 0.2) is 23.0 Å². The summed E-state index contributed by atoms with van der Waals surface area (Å²) in [5.74, 6) is 0.139. The molecule has 4 radical (unpaired) electrons. The third-order valence-corrected chi connectivity index (χ3v) is 9.12. The van der Waals surface area contributed by atoms with Crippen LogP contribution in [0.4, 0.5) is 0 Å². The van der Waals surface area contributed by atoms with Gasteiger partial charge in [-0.05, 0) is 40.0 Å². The molecule has 4 aromatic rings.